The lowest BCUT2D eigenvalue weighted by Gasteiger charge is -2.40. The second-order valence-electron chi connectivity index (χ2n) is 19.7. The Morgan fingerprint density at radius 1 is 0.523 bits per heavy atom. The van der Waals surface area contributed by atoms with Gasteiger partial charge < -0.3 is 50.5 Å². The second-order valence-corrected chi connectivity index (χ2v) is 19.7. The van der Waals surface area contributed by atoms with E-state index in [2.05, 4.69) is 31.3 Å². The second kappa shape index (κ2) is 44.1. The van der Waals surface area contributed by atoms with Crippen LogP contribution >= 0.6 is 0 Å². The van der Waals surface area contributed by atoms with Gasteiger partial charge >= 0.3 is 0 Å². The average Bonchev–Trinajstić information content (AvgIpc) is 3.31. The van der Waals surface area contributed by atoms with Gasteiger partial charge in [-0.3, -0.25) is 4.79 Å². The molecule has 8 N–H and O–H groups in total. The Labute approximate surface area is 398 Å². The molecule has 1 aliphatic heterocycles. The van der Waals surface area contributed by atoms with E-state index >= 15 is 0 Å². The number of ether oxygens (including phenoxy) is 2. The lowest BCUT2D eigenvalue weighted by molar-refractivity contribution is -0.303. The van der Waals surface area contributed by atoms with Crippen LogP contribution in [0.5, 0.6) is 0 Å². The number of aliphatic hydroxyl groups is 7. The molecule has 0 aromatic carbocycles. The van der Waals surface area contributed by atoms with E-state index in [0.29, 0.717) is 12.8 Å². The fraction of sp³-hybridized carbons (Fsp3) is 0.944. The Bertz CT molecular complexity index is 1060. The van der Waals surface area contributed by atoms with Crippen molar-refractivity contribution in [3.63, 3.8) is 0 Å². The van der Waals surface area contributed by atoms with Crippen molar-refractivity contribution >= 4 is 5.91 Å². The number of carbonyl (C=O) groups is 1. The van der Waals surface area contributed by atoms with Crippen molar-refractivity contribution in [2.45, 2.75) is 313 Å². The van der Waals surface area contributed by atoms with E-state index in [4.69, 9.17) is 9.47 Å². The summed E-state index contributed by atoms with van der Waals surface area (Å²) in [4.78, 5) is 13.2. The normalized spacial score (nSPS) is 20.9. The van der Waals surface area contributed by atoms with E-state index in [1.807, 2.05) is 0 Å². The molecule has 0 bridgehead atoms. The first-order chi connectivity index (χ1) is 31.7. The van der Waals surface area contributed by atoms with Gasteiger partial charge in [-0.15, -0.1) is 0 Å². The van der Waals surface area contributed by atoms with Crippen molar-refractivity contribution in [3.8, 4) is 0 Å². The molecule has 65 heavy (non-hydrogen) atoms. The van der Waals surface area contributed by atoms with Crippen LogP contribution in [-0.4, -0.2) is 110 Å². The van der Waals surface area contributed by atoms with E-state index in [1.165, 1.54) is 180 Å². The fourth-order valence-corrected chi connectivity index (χ4v) is 9.03. The van der Waals surface area contributed by atoms with Gasteiger partial charge in [-0.05, 0) is 38.5 Å². The summed E-state index contributed by atoms with van der Waals surface area (Å²) in [5.74, 6) is -0.701. The SMILES string of the molecule is CCCCCCCCCCCCCC/C=C/CCCC(O)C(O)C(COC1OC(CO)C(O)C(O)C1O)NC(=O)C(O)CCCCCCCCCCCCCCCCCCCCCCC. The van der Waals surface area contributed by atoms with Crippen LogP contribution in [0.1, 0.15) is 258 Å². The number of hydrogen-bond donors (Lipinski definition) is 8. The number of amides is 1. The first-order valence-electron chi connectivity index (χ1n) is 27.6. The number of carbonyl (C=O) groups excluding carboxylic acids is 1. The summed E-state index contributed by atoms with van der Waals surface area (Å²) in [6.45, 7) is 3.47. The molecule has 9 unspecified atom stereocenters. The molecule has 1 rings (SSSR count). The Morgan fingerprint density at radius 2 is 0.908 bits per heavy atom. The Morgan fingerprint density at radius 3 is 1.32 bits per heavy atom. The first-order valence-corrected chi connectivity index (χ1v) is 27.6. The number of allylic oxidation sites excluding steroid dienone is 2. The molecule has 11 heteroatoms. The zero-order valence-corrected chi connectivity index (χ0v) is 42.0. The van der Waals surface area contributed by atoms with Gasteiger partial charge in [0.1, 0.15) is 36.6 Å². The minimum absolute atomic E-state index is 0.259. The van der Waals surface area contributed by atoms with Crippen molar-refractivity contribution in [2.24, 2.45) is 0 Å². The highest BCUT2D eigenvalue weighted by molar-refractivity contribution is 5.80. The number of unbranched alkanes of at least 4 members (excludes halogenated alkanes) is 33. The van der Waals surface area contributed by atoms with Crippen LogP contribution < -0.4 is 5.32 Å². The van der Waals surface area contributed by atoms with Crippen LogP contribution in [0.15, 0.2) is 12.2 Å². The van der Waals surface area contributed by atoms with Crippen LogP contribution in [-0.2, 0) is 14.3 Å². The van der Waals surface area contributed by atoms with Gasteiger partial charge in [-0.25, -0.2) is 0 Å². The molecule has 0 saturated carbocycles. The van der Waals surface area contributed by atoms with E-state index in [9.17, 15) is 40.5 Å². The van der Waals surface area contributed by atoms with Gasteiger partial charge in [-0.1, -0.05) is 231 Å². The molecular weight excluding hydrogens is 823 g/mol. The van der Waals surface area contributed by atoms with Crippen molar-refractivity contribution in [1.82, 2.24) is 5.32 Å². The summed E-state index contributed by atoms with van der Waals surface area (Å²) in [7, 11) is 0. The Balaban J connectivity index is 2.35. The maximum absolute atomic E-state index is 13.2. The highest BCUT2D eigenvalue weighted by Crippen LogP contribution is 2.23. The third-order valence-electron chi connectivity index (χ3n) is 13.6. The zero-order valence-electron chi connectivity index (χ0n) is 42.0. The fourth-order valence-electron chi connectivity index (χ4n) is 9.03. The van der Waals surface area contributed by atoms with Gasteiger partial charge in [0.2, 0.25) is 5.91 Å². The summed E-state index contributed by atoms with van der Waals surface area (Å²) in [6.07, 6.45) is 38.3. The minimum atomic E-state index is -1.66. The van der Waals surface area contributed by atoms with Crippen LogP contribution in [0.3, 0.4) is 0 Å². The maximum atomic E-state index is 13.2. The minimum Gasteiger partial charge on any atom is -0.394 e. The quantitative estimate of drug-likeness (QED) is 0.0215. The van der Waals surface area contributed by atoms with Crippen molar-refractivity contribution in [1.29, 1.82) is 0 Å². The van der Waals surface area contributed by atoms with Crippen molar-refractivity contribution in [3.05, 3.63) is 12.2 Å². The molecule has 9 atom stereocenters. The number of nitrogens with one attached hydrogen (secondary N) is 1. The number of rotatable bonds is 47. The molecule has 386 valence electrons. The van der Waals surface area contributed by atoms with Gasteiger partial charge in [0.05, 0.1) is 25.4 Å². The summed E-state index contributed by atoms with van der Waals surface area (Å²) in [6, 6.07) is -1.18. The molecule has 0 radical (unpaired) electrons. The maximum Gasteiger partial charge on any atom is 0.249 e. The number of aliphatic hydroxyl groups excluding tert-OH is 7. The van der Waals surface area contributed by atoms with E-state index in [1.54, 1.807) is 0 Å². The molecule has 0 spiro atoms. The molecule has 1 aliphatic rings. The third kappa shape index (κ3) is 33.1. The highest BCUT2D eigenvalue weighted by atomic mass is 16.7. The topological polar surface area (TPSA) is 189 Å². The molecule has 0 aliphatic carbocycles. The van der Waals surface area contributed by atoms with Crippen LogP contribution in [0.4, 0.5) is 0 Å². The van der Waals surface area contributed by atoms with Crippen LogP contribution in [0.2, 0.25) is 0 Å². The number of hydrogen-bond acceptors (Lipinski definition) is 10. The molecule has 11 nitrogen and oxygen atoms in total. The zero-order chi connectivity index (χ0) is 47.6. The summed E-state index contributed by atoms with van der Waals surface area (Å²) >= 11 is 0. The largest absolute Gasteiger partial charge is 0.394 e. The Kier molecular flexibility index (Phi) is 42.0. The van der Waals surface area contributed by atoms with E-state index in [0.717, 1.165) is 38.5 Å². The highest BCUT2D eigenvalue weighted by Gasteiger charge is 2.44. The summed E-state index contributed by atoms with van der Waals surface area (Å²) < 4.78 is 11.1. The molecule has 1 amide bonds. The van der Waals surface area contributed by atoms with Crippen molar-refractivity contribution < 1.29 is 50.0 Å². The molecule has 1 heterocycles. The monoisotopic (exact) mass is 928 g/mol. The molecule has 1 fully saturated rings. The standard InChI is InChI=1S/C54H105NO10/c1-3-5-7-9-11-13-15-17-19-21-22-23-24-26-28-30-32-34-36-38-40-42-47(58)53(63)55-45(44-64-54-52(62)51(61)50(60)48(43-56)65-54)49(59)46(57)41-39-37-35-33-31-29-27-25-20-18-16-14-12-10-8-6-4-2/h33,35,45-52,54,56-62H,3-32,34,36-44H2,1-2H3,(H,55,63)/b35-33+. The van der Waals surface area contributed by atoms with E-state index in [-0.39, 0.29) is 12.8 Å². The van der Waals surface area contributed by atoms with Crippen molar-refractivity contribution in [2.75, 3.05) is 13.2 Å². The van der Waals surface area contributed by atoms with Gasteiger partial charge in [-0.2, -0.15) is 0 Å². The van der Waals surface area contributed by atoms with Crippen LogP contribution in [0, 0.1) is 0 Å². The average molecular weight is 928 g/mol. The van der Waals surface area contributed by atoms with Gasteiger partial charge in [0, 0.05) is 0 Å². The lowest BCUT2D eigenvalue weighted by Crippen LogP contribution is -2.60. The summed E-state index contributed by atoms with van der Waals surface area (Å²) in [5, 5.41) is 76.0. The Hall–Kier alpha value is -1.15. The molecule has 0 aromatic heterocycles. The van der Waals surface area contributed by atoms with Gasteiger partial charge in [0.25, 0.3) is 0 Å². The predicted octanol–water partition coefficient (Wildman–Crippen LogP) is 10.8. The van der Waals surface area contributed by atoms with Crippen LogP contribution in [0.25, 0.3) is 0 Å². The van der Waals surface area contributed by atoms with Gasteiger partial charge in [0.15, 0.2) is 6.29 Å². The van der Waals surface area contributed by atoms with E-state index < -0.39 is 74.2 Å². The lowest BCUT2D eigenvalue weighted by atomic mass is 9.98. The smallest absolute Gasteiger partial charge is 0.249 e. The summed E-state index contributed by atoms with van der Waals surface area (Å²) in [5.41, 5.74) is 0. The molecule has 1 saturated heterocycles. The molecular formula is C54H105NO10. The molecule has 0 aromatic rings. The predicted molar refractivity (Wildman–Crippen MR) is 266 cm³/mol. The first kappa shape index (κ1) is 61.9. The third-order valence-corrected chi connectivity index (χ3v) is 13.6.